The van der Waals surface area contributed by atoms with Crippen molar-refractivity contribution in [1.29, 1.82) is 0 Å². The molecule has 2 aromatic carbocycles. The van der Waals surface area contributed by atoms with Crippen molar-refractivity contribution >= 4 is 38.7 Å². The predicted octanol–water partition coefficient (Wildman–Crippen LogP) is 4.83. The van der Waals surface area contributed by atoms with Gasteiger partial charge in [0.15, 0.2) is 5.78 Å². The fraction of sp³-hybridized carbons (Fsp3) is 0.304. The summed E-state index contributed by atoms with van der Waals surface area (Å²) < 4.78 is 32.6. The number of thiazole rings is 1. The van der Waals surface area contributed by atoms with E-state index >= 15 is 0 Å². The van der Waals surface area contributed by atoms with Gasteiger partial charge in [0, 0.05) is 29.1 Å². The highest BCUT2D eigenvalue weighted by atomic mass is 35.5. The number of nitrogens with zero attached hydrogens (tertiary/aromatic N) is 2. The van der Waals surface area contributed by atoms with Crippen LogP contribution in [0.15, 0.2) is 58.8 Å². The maximum atomic E-state index is 12.8. The van der Waals surface area contributed by atoms with E-state index in [9.17, 15) is 13.2 Å². The van der Waals surface area contributed by atoms with E-state index in [0.29, 0.717) is 33.8 Å². The number of ketones is 1. The van der Waals surface area contributed by atoms with E-state index in [-0.39, 0.29) is 18.8 Å². The standard InChI is InChI=1S/C23H23ClN2O4S2/c24-18-5-4-6-20(13-18)30-15-19(27)14-23-25-22(16-31-23)17-7-9-21(10-8-17)32(28,29)26-11-2-1-3-12-26/h4-10,13,16H,1-3,11-12,14-15H2. The van der Waals surface area contributed by atoms with Crippen LogP contribution in [0.5, 0.6) is 5.75 Å². The zero-order valence-electron chi connectivity index (χ0n) is 17.4. The average Bonchev–Trinajstić information content (AvgIpc) is 3.27. The summed E-state index contributed by atoms with van der Waals surface area (Å²) in [6.45, 7) is 1.10. The Labute approximate surface area is 196 Å². The summed E-state index contributed by atoms with van der Waals surface area (Å²) in [7, 11) is -3.45. The third kappa shape index (κ3) is 5.56. The number of carbonyl (C=O) groups excluding carboxylic acids is 1. The molecule has 0 aliphatic carbocycles. The number of hydrogen-bond acceptors (Lipinski definition) is 6. The summed E-state index contributed by atoms with van der Waals surface area (Å²) >= 11 is 7.31. The molecule has 1 saturated heterocycles. The molecule has 1 aromatic heterocycles. The minimum absolute atomic E-state index is 0.0572. The van der Waals surface area contributed by atoms with E-state index in [1.54, 1.807) is 52.8 Å². The lowest BCUT2D eigenvalue weighted by atomic mass is 10.2. The molecule has 4 rings (SSSR count). The van der Waals surface area contributed by atoms with Crippen LogP contribution in [0.3, 0.4) is 0 Å². The first-order chi connectivity index (χ1) is 15.4. The number of halogens is 1. The Morgan fingerprint density at radius 2 is 1.84 bits per heavy atom. The molecule has 32 heavy (non-hydrogen) atoms. The minimum Gasteiger partial charge on any atom is -0.486 e. The van der Waals surface area contributed by atoms with Gasteiger partial charge in [-0.15, -0.1) is 11.3 Å². The summed E-state index contributed by atoms with van der Waals surface area (Å²) in [6, 6.07) is 13.7. The molecular formula is C23H23ClN2O4S2. The van der Waals surface area contributed by atoms with Gasteiger partial charge in [-0.1, -0.05) is 36.2 Å². The lowest BCUT2D eigenvalue weighted by Crippen LogP contribution is -2.35. The van der Waals surface area contributed by atoms with Crippen LogP contribution in [0.25, 0.3) is 11.3 Å². The van der Waals surface area contributed by atoms with Crippen LogP contribution in [-0.2, 0) is 21.2 Å². The average molecular weight is 491 g/mol. The van der Waals surface area contributed by atoms with Gasteiger partial charge in [-0.05, 0) is 43.2 Å². The number of aromatic nitrogens is 1. The quantitative estimate of drug-likeness (QED) is 0.452. The summed E-state index contributed by atoms with van der Waals surface area (Å²) in [5.74, 6) is 0.458. The molecule has 6 nitrogen and oxygen atoms in total. The third-order valence-corrected chi connectivity index (χ3v) is 8.20. The Kier molecular flexibility index (Phi) is 7.25. The molecule has 2 heterocycles. The largest absolute Gasteiger partial charge is 0.486 e. The van der Waals surface area contributed by atoms with Crippen LogP contribution < -0.4 is 4.74 Å². The first-order valence-electron chi connectivity index (χ1n) is 10.4. The number of Topliss-reactive ketones (excluding diaryl/α,β-unsaturated/α-hetero) is 1. The molecule has 0 N–H and O–H groups in total. The van der Waals surface area contributed by atoms with Gasteiger partial charge in [0.2, 0.25) is 10.0 Å². The maximum absolute atomic E-state index is 12.8. The second-order valence-corrected chi connectivity index (χ2v) is 10.9. The Hall–Kier alpha value is -2.26. The fourth-order valence-electron chi connectivity index (χ4n) is 3.52. The number of sulfonamides is 1. The van der Waals surface area contributed by atoms with Gasteiger partial charge in [0.05, 0.1) is 17.0 Å². The Bertz CT molecular complexity index is 1190. The van der Waals surface area contributed by atoms with E-state index in [1.807, 2.05) is 5.38 Å². The van der Waals surface area contributed by atoms with Crippen molar-refractivity contribution in [2.24, 2.45) is 0 Å². The zero-order chi connectivity index (χ0) is 22.6. The molecule has 0 amide bonds. The van der Waals surface area contributed by atoms with Crippen molar-refractivity contribution in [1.82, 2.24) is 9.29 Å². The van der Waals surface area contributed by atoms with E-state index in [2.05, 4.69) is 4.98 Å². The first kappa shape index (κ1) is 22.9. The van der Waals surface area contributed by atoms with Crippen molar-refractivity contribution < 1.29 is 17.9 Å². The molecular weight excluding hydrogens is 468 g/mol. The predicted molar refractivity (Wildman–Crippen MR) is 126 cm³/mol. The van der Waals surface area contributed by atoms with Crippen LogP contribution >= 0.6 is 22.9 Å². The van der Waals surface area contributed by atoms with E-state index in [1.165, 1.54) is 11.3 Å². The van der Waals surface area contributed by atoms with Crippen LogP contribution in [0, 0.1) is 0 Å². The fourth-order valence-corrected chi connectivity index (χ4v) is 6.05. The van der Waals surface area contributed by atoms with Crippen LogP contribution in [-0.4, -0.2) is 43.2 Å². The zero-order valence-corrected chi connectivity index (χ0v) is 19.8. The first-order valence-corrected chi connectivity index (χ1v) is 13.1. The van der Waals surface area contributed by atoms with Gasteiger partial charge in [-0.3, -0.25) is 4.79 Å². The number of piperidine rings is 1. The smallest absolute Gasteiger partial charge is 0.243 e. The second kappa shape index (κ2) is 10.1. The summed E-state index contributed by atoms with van der Waals surface area (Å²) in [6.07, 6.45) is 3.06. The molecule has 168 valence electrons. The molecule has 0 atom stereocenters. The maximum Gasteiger partial charge on any atom is 0.243 e. The monoisotopic (exact) mass is 490 g/mol. The molecule has 9 heteroatoms. The lowest BCUT2D eigenvalue weighted by molar-refractivity contribution is -0.120. The number of benzene rings is 2. The molecule has 1 aliphatic heterocycles. The second-order valence-electron chi connectivity index (χ2n) is 7.58. The van der Waals surface area contributed by atoms with E-state index < -0.39 is 10.0 Å². The highest BCUT2D eigenvalue weighted by Crippen LogP contribution is 2.26. The lowest BCUT2D eigenvalue weighted by Gasteiger charge is -2.25. The topological polar surface area (TPSA) is 76.6 Å². The van der Waals surface area contributed by atoms with Crippen molar-refractivity contribution in [3.05, 3.63) is 63.9 Å². The normalized spacial score (nSPS) is 14.9. The molecule has 1 fully saturated rings. The highest BCUT2D eigenvalue weighted by Gasteiger charge is 2.25. The Balaban J connectivity index is 1.37. The summed E-state index contributed by atoms with van der Waals surface area (Å²) in [4.78, 5) is 17.1. The number of rotatable bonds is 8. The Morgan fingerprint density at radius 3 is 2.56 bits per heavy atom. The van der Waals surface area contributed by atoms with Gasteiger partial charge in [-0.2, -0.15) is 4.31 Å². The third-order valence-electron chi connectivity index (χ3n) is 5.20. The molecule has 1 aliphatic rings. The molecule has 0 spiro atoms. The van der Waals surface area contributed by atoms with Crippen molar-refractivity contribution in [2.45, 2.75) is 30.6 Å². The summed E-state index contributed by atoms with van der Waals surface area (Å²) in [5, 5.41) is 3.10. The Morgan fingerprint density at radius 1 is 1.09 bits per heavy atom. The van der Waals surface area contributed by atoms with Crippen molar-refractivity contribution in [3.63, 3.8) is 0 Å². The van der Waals surface area contributed by atoms with Gasteiger partial charge < -0.3 is 4.74 Å². The highest BCUT2D eigenvalue weighted by molar-refractivity contribution is 7.89. The SMILES string of the molecule is O=C(COc1cccc(Cl)c1)Cc1nc(-c2ccc(S(=O)(=O)N3CCCCC3)cc2)cs1. The molecule has 0 bridgehead atoms. The molecule has 0 radical (unpaired) electrons. The van der Waals surface area contributed by atoms with Crippen LogP contribution in [0.2, 0.25) is 5.02 Å². The van der Waals surface area contributed by atoms with Crippen molar-refractivity contribution in [2.75, 3.05) is 19.7 Å². The van der Waals surface area contributed by atoms with Crippen molar-refractivity contribution in [3.8, 4) is 17.0 Å². The molecule has 0 unspecified atom stereocenters. The number of ether oxygens (including phenoxy) is 1. The van der Waals surface area contributed by atoms with Gasteiger partial charge in [0.25, 0.3) is 0 Å². The minimum atomic E-state index is -3.45. The van der Waals surface area contributed by atoms with Crippen LogP contribution in [0.4, 0.5) is 0 Å². The summed E-state index contributed by atoms with van der Waals surface area (Å²) in [5.41, 5.74) is 1.53. The van der Waals surface area contributed by atoms with E-state index in [0.717, 1.165) is 30.5 Å². The van der Waals surface area contributed by atoms with Gasteiger partial charge in [0.1, 0.15) is 17.4 Å². The van der Waals surface area contributed by atoms with Gasteiger partial charge in [-0.25, -0.2) is 13.4 Å². The molecule has 0 saturated carbocycles. The molecule has 3 aromatic rings. The van der Waals surface area contributed by atoms with E-state index in [4.69, 9.17) is 16.3 Å². The van der Waals surface area contributed by atoms with Crippen LogP contribution in [0.1, 0.15) is 24.3 Å². The van der Waals surface area contributed by atoms with Gasteiger partial charge >= 0.3 is 0 Å². The number of hydrogen-bond donors (Lipinski definition) is 0. The number of carbonyl (C=O) groups is 1.